The minimum atomic E-state index is 1.31. The molecule has 18 heavy (non-hydrogen) atoms. The molecule has 2 heteroatoms. The van der Waals surface area contributed by atoms with Crippen molar-refractivity contribution in [2.45, 2.75) is 13.8 Å². The predicted octanol–water partition coefficient (Wildman–Crippen LogP) is 4.39. The predicted molar refractivity (Wildman–Crippen MR) is 81.2 cm³/mol. The molecule has 2 aromatic carbocycles. The van der Waals surface area contributed by atoms with Crippen LogP contribution in [0, 0.1) is 0 Å². The van der Waals surface area contributed by atoms with Crippen LogP contribution in [0.25, 0.3) is 10.8 Å². The highest BCUT2D eigenvalue weighted by atomic mass is 16.5. The van der Waals surface area contributed by atoms with Crippen molar-refractivity contribution in [3.05, 3.63) is 48.5 Å². The largest absolute Gasteiger partial charge is 0.388 e. The molecule has 2 aromatic rings. The zero-order valence-electron chi connectivity index (χ0n) is 12.4. The van der Waals surface area contributed by atoms with E-state index in [1.807, 2.05) is 13.8 Å². The Morgan fingerprint density at radius 2 is 0.722 bits per heavy atom. The summed E-state index contributed by atoms with van der Waals surface area (Å²) >= 11 is 0. The van der Waals surface area contributed by atoms with E-state index in [9.17, 15) is 0 Å². The molecule has 0 unspecified atom stereocenters. The van der Waals surface area contributed by atoms with Crippen molar-refractivity contribution in [1.82, 2.24) is 0 Å². The minimum Gasteiger partial charge on any atom is -0.388 e. The lowest BCUT2D eigenvalue weighted by Crippen LogP contribution is -1.67. The van der Waals surface area contributed by atoms with Gasteiger partial charge in [-0.15, -0.1) is 0 Å². The standard InChI is InChI=1S/C10H8.2C2H6O.C2H6/c1-2-6-10-8-4-3-7-9(10)5-1;2*1-3-2;1-2/h1-8H;2*1-2H3;1-2H3. The van der Waals surface area contributed by atoms with Crippen LogP contribution in [0.1, 0.15) is 13.8 Å². The zero-order valence-corrected chi connectivity index (χ0v) is 12.4. The van der Waals surface area contributed by atoms with E-state index in [2.05, 4.69) is 58.0 Å². The molecule has 0 spiro atoms. The topological polar surface area (TPSA) is 18.5 Å². The second-order valence-corrected chi connectivity index (χ2v) is 3.16. The van der Waals surface area contributed by atoms with E-state index >= 15 is 0 Å². The number of methoxy groups -OCH3 is 2. The summed E-state index contributed by atoms with van der Waals surface area (Å²) in [6, 6.07) is 16.7. The maximum absolute atomic E-state index is 4.25. The lowest BCUT2D eigenvalue weighted by Gasteiger charge is -1.92. The highest BCUT2D eigenvalue weighted by Gasteiger charge is 1.85. The van der Waals surface area contributed by atoms with Crippen LogP contribution in [-0.4, -0.2) is 28.4 Å². The van der Waals surface area contributed by atoms with Gasteiger partial charge in [-0.3, -0.25) is 0 Å². The van der Waals surface area contributed by atoms with Crippen molar-refractivity contribution < 1.29 is 9.47 Å². The molecule has 0 bridgehead atoms. The van der Waals surface area contributed by atoms with Crippen molar-refractivity contribution >= 4 is 10.8 Å². The molecule has 0 saturated heterocycles. The first-order valence-electron chi connectivity index (χ1n) is 6.04. The van der Waals surface area contributed by atoms with Crippen LogP contribution in [-0.2, 0) is 9.47 Å². The SMILES string of the molecule is CC.COC.COC.c1ccc2ccccc2c1. The maximum Gasteiger partial charge on any atom is 0.0351 e. The Hall–Kier alpha value is -1.38. The third-order valence-electron chi connectivity index (χ3n) is 1.66. The molecule has 2 nitrogen and oxygen atoms in total. The van der Waals surface area contributed by atoms with Gasteiger partial charge in [-0.2, -0.15) is 0 Å². The molecule has 0 amide bonds. The Morgan fingerprint density at radius 1 is 0.556 bits per heavy atom. The van der Waals surface area contributed by atoms with Gasteiger partial charge >= 0.3 is 0 Å². The number of ether oxygens (including phenoxy) is 2. The second-order valence-electron chi connectivity index (χ2n) is 3.16. The first kappa shape index (κ1) is 19.0. The summed E-state index contributed by atoms with van der Waals surface area (Å²) in [6.45, 7) is 4.00. The molecular formula is C16H26O2. The molecule has 0 aliphatic rings. The van der Waals surface area contributed by atoms with Gasteiger partial charge in [0.2, 0.25) is 0 Å². The normalized spacial score (nSPS) is 7.89. The smallest absolute Gasteiger partial charge is 0.0351 e. The summed E-state index contributed by atoms with van der Waals surface area (Å²) in [6.07, 6.45) is 0. The van der Waals surface area contributed by atoms with Gasteiger partial charge in [-0.05, 0) is 10.8 Å². The molecule has 0 aromatic heterocycles. The van der Waals surface area contributed by atoms with Crippen molar-refractivity contribution in [3.63, 3.8) is 0 Å². The molecule has 0 atom stereocenters. The van der Waals surface area contributed by atoms with Gasteiger partial charge in [-0.25, -0.2) is 0 Å². The van der Waals surface area contributed by atoms with Crippen LogP contribution in [0.3, 0.4) is 0 Å². The number of benzene rings is 2. The summed E-state index contributed by atoms with van der Waals surface area (Å²) in [5.74, 6) is 0. The van der Waals surface area contributed by atoms with Gasteiger partial charge < -0.3 is 9.47 Å². The fraction of sp³-hybridized carbons (Fsp3) is 0.375. The van der Waals surface area contributed by atoms with Gasteiger partial charge in [0, 0.05) is 28.4 Å². The number of hydrogen-bond donors (Lipinski definition) is 0. The summed E-state index contributed by atoms with van der Waals surface area (Å²) in [5.41, 5.74) is 0. The van der Waals surface area contributed by atoms with E-state index < -0.39 is 0 Å². The number of fused-ring (bicyclic) bond motifs is 1. The van der Waals surface area contributed by atoms with Gasteiger partial charge in [0.05, 0.1) is 0 Å². The monoisotopic (exact) mass is 250 g/mol. The third-order valence-corrected chi connectivity index (χ3v) is 1.66. The lowest BCUT2D eigenvalue weighted by atomic mass is 10.1. The first-order valence-corrected chi connectivity index (χ1v) is 6.04. The Morgan fingerprint density at radius 3 is 0.889 bits per heavy atom. The molecular weight excluding hydrogens is 224 g/mol. The molecule has 0 saturated carbocycles. The average molecular weight is 250 g/mol. The molecule has 0 aliphatic carbocycles. The van der Waals surface area contributed by atoms with E-state index in [1.54, 1.807) is 28.4 Å². The van der Waals surface area contributed by atoms with Crippen LogP contribution in [0.4, 0.5) is 0 Å². The van der Waals surface area contributed by atoms with Crippen LogP contribution in [0.2, 0.25) is 0 Å². The summed E-state index contributed by atoms with van der Waals surface area (Å²) in [4.78, 5) is 0. The van der Waals surface area contributed by atoms with Crippen molar-refractivity contribution in [3.8, 4) is 0 Å². The van der Waals surface area contributed by atoms with E-state index in [4.69, 9.17) is 0 Å². The minimum absolute atomic E-state index is 1.31. The maximum atomic E-state index is 4.25. The van der Waals surface area contributed by atoms with Gasteiger partial charge in [0.1, 0.15) is 0 Å². The Balaban J connectivity index is 0. The fourth-order valence-electron chi connectivity index (χ4n) is 1.13. The first-order chi connectivity index (χ1) is 8.79. The summed E-state index contributed by atoms with van der Waals surface area (Å²) in [5, 5.41) is 2.62. The Bertz CT molecular complexity index is 305. The molecule has 102 valence electrons. The molecule has 0 aliphatic heterocycles. The van der Waals surface area contributed by atoms with Crippen molar-refractivity contribution in [2.75, 3.05) is 28.4 Å². The van der Waals surface area contributed by atoms with Gasteiger partial charge in [0.25, 0.3) is 0 Å². The van der Waals surface area contributed by atoms with E-state index in [-0.39, 0.29) is 0 Å². The number of hydrogen-bond acceptors (Lipinski definition) is 2. The quantitative estimate of drug-likeness (QED) is 0.690. The van der Waals surface area contributed by atoms with E-state index in [0.29, 0.717) is 0 Å². The number of rotatable bonds is 0. The van der Waals surface area contributed by atoms with Crippen molar-refractivity contribution in [2.24, 2.45) is 0 Å². The van der Waals surface area contributed by atoms with E-state index in [1.165, 1.54) is 10.8 Å². The summed E-state index contributed by atoms with van der Waals surface area (Å²) < 4.78 is 8.50. The average Bonchev–Trinajstić information content (AvgIpc) is 2.43. The zero-order chi connectivity index (χ0) is 14.2. The molecule has 2 rings (SSSR count). The highest BCUT2D eigenvalue weighted by molar-refractivity contribution is 5.81. The van der Waals surface area contributed by atoms with Crippen LogP contribution < -0.4 is 0 Å². The van der Waals surface area contributed by atoms with Gasteiger partial charge in [-0.1, -0.05) is 62.4 Å². The van der Waals surface area contributed by atoms with Crippen LogP contribution in [0.5, 0.6) is 0 Å². The lowest BCUT2D eigenvalue weighted by molar-refractivity contribution is 0.277. The van der Waals surface area contributed by atoms with Crippen LogP contribution >= 0.6 is 0 Å². The fourth-order valence-corrected chi connectivity index (χ4v) is 1.13. The molecule has 0 N–H and O–H groups in total. The Kier molecular flexibility index (Phi) is 16.5. The van der Waals surface area contributed by atoms with Crippen LogP contribution in [0.15, 0.2) is 48.5 Å². The molecule has 0 fully saturated rings. The second kappa shape index (κ2) is 15.6. The Labute approximate surface area is 112 Å². The highest BCUT2D eigenvalue weighted by Crippen LogP contribution is 2.11. The molecule has 0 radical (unpaired) electrons. The third kappa shape index (κ3) is 9.82. The molecule has 0 heterocycles. The van der Waals surface area contributed by atoms with Crippen molar-refractivity contribution in [1.29, 1.82) is 0 Å². The van der Waals surface area contributed by atoms with E-state index in [0.717, 1.165) is 0 Å². The van der Waals surface area contributed by atoms with Gasteiger partial charge in [0.15, 0.2) is 0 Å². The summed E-state index contributed by atoms with van der Waals surface area (Å²) in [7, 11) is 6.50.